The molecule has 0 saturated carbocycles. The molecule has 2 aromatic carbocycles. The van der Waals surface area contributed by atoms with Crippen molar-refractivity contribution in [1.29, 1.82) is 0 Å². The van der Waals surface area contributed by atoms with Crippen LogP contribution in [0.1, 0.15) is 27.5 Å². The van der Waals surface area contributed by atoms with Gasteiger partial charge in [-0.2, -0.15) is 0 Å². The number of hydrogen-bond donors (Lipinski definition) is 1. The third kappa shape index (κ3) is 4.33. The summed E-state index contributed by atoms with van der Waals surface area (Å²) in [6.07, 6.45) is 1.24. The number of piperazine rings is 1. The minimum atomic E-state index is -0.482. The van der Waals surface area contributed by atoms with Crippen molar-refractivity contribution in [3.63, 3.8) is 0 Å². The number of carbonyl (C=O) groups is 1. The summed E-state index contributed by atoms with van der Waals surface area (Å²) in [5.41, 5.74) is 2.47. The SMILES string of the molecule is O=C(c1coc(=O)c(Br)c1)N1CC[NH+](C(c2ccccc2)c2ccccc2)CC1. The van der Waals surface area contributed by atoms with E-state index in [2.05, 4.69) is 64.5 Å². The first-order valence-electron chi connectivity index (χ1n) is 9.65. The van der Waals surface area contributed by atoms with Crippen molar-refractivity contribution in [2.45, 2.75) is 6.04 Å². The molecule has 148 valence electrons. The molecule has 2 heterocycles. The Kier molecular flexibility index (Phi) is 5.92. The molecule has 1 fully saturated rings. The summed E-state index contributed by atoms with van der Waals surface area (Å²) in [6, 6.07) is 22.8. The molecule has 4 rings (SSSR count). The van der Waals surface area contributed by atoms with Gasteiger partial charge in [0, 0.05) is 11.1 Å². The first-order valence-corrected chi connectivity index (χ1v) is 10.4. The van der Waals surface area contributed by atoms with E-state index in [0.717, 1.165) is 13.1 Å². The third-order valence-corrected chi connectivity index (χ3v) is 5.94. The average Bonchev–Trinajstić information content (AvgIpc) is 2.77. The van der Waals surface area contributed by atoms with Crippen LogP contribution in [-0.2, 0) is 0 Å². The lowest BCUT2D eigenvalue weighted by Crippen LogP contribution is -3.15. The van der Waals surface area contributed by atoms with Crippen molar-refractivity contribution >= 4 is 21.8 Å². The fourth-order valence-corrected chi connectivity index (χ4v) is 4.28. The molecule has 5 nitrogen and oxygen atoms in total. The van der Waals surface area contributed by atoms with Crippen LogP contribution in [0.5, 0.6) is 0 Å². The smallest absolute Gasteiger partial charge is 0.350 e. The Hall–Kier alpha value is -2.70. The van der Waals surface area contributed by atoms with Crippen LogP contribution in [0.3, 0.4) is 0 Å². The largest absolute Gasteiger partial charge is 0.430 e. The summed E-state index contributed by atoms with van der Waals surface area (Å²) in [4.78, 5) is 27.5. The maximum atomic E-state index is 12.8. The standard InChI is InChI=1S/C23H21BrN2O3/c24-20-15-19(16-29-23(20)28)22(27)26-13-11-25(12-14-26)21(17-7-3-1-4-8-17)18-9-5-2-6-10-18/h1-10,15-16,21H,11-14H2/p+1. The topological polar surface area (TPSA) is 55.0 Å². The van der Waals surface area contributed by atoms with Crippen LogP contribution in [0, 0.1) is 0 Å². The van der Waals surface area contributed by atoms with Gasteiger partial charge < -0.3 is 14.2 Å². The number of amides is 1. The molecule has 1 aliphatic heterocycles. The van der Waals surface area contributed by atoms with Gasteiger partial charge in [-0.3, -0.25) is 4.79 Å². The second kappa shape index (κ2) is 8.76. The molecule has 0 spiro atoms. The number of rotatable bonds is 4. The molecule has 1 N–H and O–H groups in total. The molecule has 1 aromatic heterocycles. The number of benzene rings is 2. The Labute approximate surface area is 177 Å². The Morgan fingerprint density at radius 1 is 0.966 bits per heavy atom. The van der Waals surface area contributed by atoms with Crippen LogP contribution in [0.4, 0.5) is 0 Å². The first-order chi connectivity index (χ1) is 14.1. The number of carbonyl (C=O) groups excluding carboxylic acids is 1. The zero-order chi connectivity index (χ0) is 20.2. The monoisotopic (exact) mass is 453 g/mol. The maximum absolute atomic E-state index is 12.8. The molecular formula is C23H22BrN2O3+. The third-order valence-electron chi connectivity index (χ3n) is 5.38. The van der Waals surface area contributed by atoms with E-state index in [1.54, 1.807) is 0 Å². The molecule has 0 bridgehead atoms. The predicted molar refractivity (Wildman–Crippen MR) is 114 cm³/mol. The van der Waals surface area contributed by atoms with Crippen molar-refractivity contribution in [2.75, 3.05) is 26.2 Å². The van der Waals surface area contributed by atoms with E-state index in [4.69, 9.17) is 4.42 Å². The van der Waals surface area contributed by atoms with Crippen LogP contribution < -0.4 is 10.5 Å². The van der Waals surface area contributed by atoms with Crippen LogP contribution in [0.25, 0.3) is 0 Å². The van der Waals surface area contributed by atoms with Gasteiger partial charge in [-0.25, -0.2) is 4.79 Å². The quantitative estimate of drug-likeness (QED) is 0.660. The Balaban J connectivity index is 1.51. The van der Waals surface area contributed by atoms with Gasteiger partial charge in [0.2, 0.25) is 0 Å². The molecule has 3 aromatic rings. The highest BCUT2D eigenvalue weighted by atomic mass is 79.9. The van der Waals surface area contributed by atoms with Crippen LogP contribution in [-0.4, -0.2) is 37.0 Å². The number of quaternary nitrogens is 1. The number of hydrogen-bond acceptors (Lipinski definition) is 3. The Morgan fingerprint density at radius 2 is 1.52 bits per heavy atom. The molecule has 1 saturated heterocycles. The first kappa shape index (κ1) is 19.6. The van der Waals surface area contributed by atoms with Crippen molar-refractivity contribution in [1.82, 2.24) is 4.90 Å². The summed E-state index contributed by atoms with van der Waals surface area (Å²) in [6.45, 7) is 3.00. The minimum absolute atomic E-state index is 0.107. The average molecular weight is 454 g/mol. The van der Waals surface area contributed by atoms with Gasteiger partial charge in [0.1, 0.15) is 16.8 Å². The fraction of sp³-hybridized carbons (Fsp3) is 0.217. The van der Waals surface area contributed by atoms with E-state index >= 15 is 0 Å². The predicted octanol–water partition coefficient (Wildman–Crippen LogP) is 2.53. The molecule has 1 aliphatic rings. The molecule has 0 atom stereocenters. The van der Waals surface area contributed by atoms with Crippen LogP contribution in [0.15, 0.2) is 86.7 Å². The lowest BCUT2D eigenvalue weighted by molar-refractivity contribution is -0.929. The highest BCUT2D eigenvalue weighted by Crippen LogP contribution is 2.19. The van der Waals surface area contributed by atoms with Crippen LogP contribution >= 0.6 is 15.9 Å². The summed E-state index contributed by atoms with van der Waals surface area (Å²) >= 11 is 3.14. The van der Waals surface area contributed by atoms with Gasteiger partial charge in [0.05, 0.1) is 31.7 Å². The van der Waals surface area contributed by atoms with Crippen molar-refractivity contribution < 1.29 is 14.1 Å². The highest BCUT2D eigenvalue weighted by molar-refractivity contribution is 9.10. The second-order valence-corrected chi connectivity index (χ2v) is 8.03. The summed E-state index contributed by atoms with van der Waals surface area (Å²) in [5, 5.41) is 0. The van der Waals surface area contributed by atoms with Crippen molar-refractivity contribution in [2.24, 2.45) is 0 Å². The van der Waals surface area contributed by atoms with Gasteiger partial charge in [0.25, 0.3) is 5.91 Å². The Bertz CT molecular complexity index is 989. The molecule has 1 amide bonds. The zero-order valence-corrected chi connectivity index (χ0v) is 17.5. The van der Waals surface area contributed by atoms with Crippen LogP contribution in [0.2, 0.25) is 0 Å². The maximum Gasteiger partial charge on any atom is 0.350 e. The molecule has 0 radical (unpaired) electrons. The van der Waals surface area contributed by atoms with Crippen molar-refractivity contribution in [3.8, 4) is 0 Å². The van der Waals surface area contributed by atoms with E-state index in [1.165, 1.54) is 28.4 Å². The summed E-state index contributed by atoms with van der Waals surface area (Å²) < 4.78 is 5.19. The van der Waals surface area contributed by atoms with E-state index < -0.39 is 5.63 Å². The molecule has 6 heteroatoms. The summed E-state index contributed by atoms with van der Waals surface area (Å²) in [7, 11) is 0. The van der Waals surface area contributed by atoms with Gasteiger partial charge in [-0.1, -0.05) is 60.7 Å². The lowest BCUT2D eigenvalue weighted by Gasteiger charge is -2.37. The highest BCUT2D eigenvalue weighted by Gasteiger charge is 2.32. The number of nitrogens with one attached hydrogen (secondary N) is 1. The summed E-state index contributed by atoms with van der Waals surface area (Å²) in [5.74, 6) is -0.107. The fourth-order valence-electron chi connectivity index (χ4n) is 3.94. The van der Waals surface area contributed by atoms with Crippen molar-refractivity contribution in [3.05, 3.63) is 105 Å². The van der Waals surface area contributed by atoms with E-state index in [-0.39, 0.29) is 16.4 Å². The van der Waals surface area contributed by atoms with E-state index in [0.29, 0.717) is 18.7 Å². The molecule has 0 unspecified atom stereocenters. The Morgan fingerprint density at radius 3 is 2.03 bits per heavy atom. The zero-order valence-electron chi connectivity index (χ0n) is 15.9. The van der Waals surface area contributed by atoms with E-state index in [9.17, 15) is 9.59 Å². The number of halogens is 1. The minimum Gasteiger partial charge on any atom is -0.430 e. The van der Waals surface area contributed by atoms with Gasteiger partial charge in [-0.05, 0) is 22.0 Å². The lowest BCUT2D eigenvalue weighted by atomic mass is 9.96. The van der Waals surface area contributed by atoms with Gasteiger partial charge >= 0.3 is 5.63 Å². The molecular weight excluding hydrogens is 432 g/mol. The molecule has 29 heavy (non-hydrogen) atoms. The van der Waals surface area contributed by atoms with Gasteiger partial charge in [-0.15, -0.1) is 0 Å². The molecule has 0 aliphatic carbocycles. The number of nitrogens with zero attached hydrogens (tertiary/aromatic N) is 1. The van der Waals surface area contributed by atoms with Gasteiger partial charge in [0.15, 0.2) is 0 Å². The normalized spacial score (nSPS) is 14.9. The van der Waals surface area contributed by atoms with E-state index in [1.807, 2.05) is 17.0 Å². The second-order valence-electron chi connectivity index (χ2n) is 7.18.